The largest absolute Gasteiger partial charge is 0.376 e. The van der Waals surface area contributed by atoms with Crippen LogP contribution in [0.1, 0.15) is 5.56 Å². The third-order valence-corrected chi connectivity index (χ3v) is 5.04. The first kappa shape index (κ1) is 17.1. The van der Waals surface area contributed by atoms with Gasteiger partial charge in [-0.25, -0.2) is 0 Å². The second-order valence-corrected chi connectivity index (χ2v) is 7.26. The predicted molar refractivity (Wildman–Crippen MR) is 108 cm³/mol. The molecule has 2 aromatic carbocycles. The maximum absolute atomic E-state index is 12.4. The van der Waals surface area contributed by atoms with Gasteiger partial charge in [0.1, 0.15) is 0 Å². The third-order valence-electron chi connectivity index (χ3n) is 4.37. The zero-order chi connectivity index (χ0) is 16.9. The van der Waals surface area contributed by atoms with Crippen LogP contribution in [0.4, 0.5) is 11.4 Å². The summed E-state index contributed by atoms with van der Waals surface area (Å²) in [6, 6.07) is 16.6. The minimum Gasteiger partial charge on any atom is -0.376 e. The average Bonchev–Trinajstić information content (AvgIpc) is 2.62. The quantitative estimate of drug-likeness (QED) is 0.749. The Balaban J connectivity index is 1.50. The van der Waals surface area contributed by atoms with E-state index in [4.69, 9.17) is 0 Å². The van der Waals surface area contributed by atoms with Gasteiger partial charge in [-0.3, -0.25) is 4.79 Å². The van der Waals surface area contributed by atoms with Gasteiger partial charge in [-0.2, -0.15) is 0 Å². The Hall–Kier alpha value is -1.76. The maximum Gasteiger partial charge on any atom is 0.241 e. The molecule has 0 unspecified atom stereocenters. The fourth-order valence-electron chi connectivity index (χ4n) is 2.96. The SMILES string of the molecule is Cc1cc(I)ccc1NCC(=O)N1CCN(c2ccccc2)CC1. The first-order chi connectivity index (χ1) is 11.6. The number of carbonyl (C=O) groups is 1. The van der Waals surface area contributed by atoms with Crippen LogP contribution in [0.3, 0.4) is 0 Å². The van der Waals surface area contributed by atoms with E-state index in [1.807, 2.05) is 17.0 Å². The number of nitrogens with one attached hydrogen (secondary N) is 1. The van der Waals surface area contributed by atoms with Gasteiger partial charge in [0, 0.05) is 41.1 Å². The Kier molecular flexibility index (Phi) is 5.60. The van der Waals surface area contributed by atoms with Crippen molar-refractivity contribution in [2.75, 3.05) is 42.9 Å². The lowest BCUT2D eigenvalue weighted by Gasteiger charge is -2.36. The highest BCUT2D eigenvalue weighted by molar-refractivity contribution is 14.1. The molecule has 0 aromatic heterocycles. The van der Waals surface area contributed by atoms with Crippen LogP contribution in [0.5, 0.6) is 0 Å². The summed E-state index contributed by atoms with van der Waals surface area (Å²) in [5.41, 5.74) is 3.44. The summed E-state index contributed by atoms with van der Waals surface area (Å²) < 4.78 is 1.21. The van der Waals surface area contributed by atoms with Gasteiger partial charge in [0.15, 0.2) is 0 Å². The molecule has 1 saturated heterocycles. The molecule has 0 saturated carbocycles. The number of para-hydroxylation sites is 1. The van der Waals surface area contributed by atoms with Crippen molar-refractivity contribution >= 4 is 39.9 Å². The summed E-state index contributed by atoms with van der Waals surface area (Å²) in [6.07, 6.45) is 0. The van der Waals surface area contributed by atoms with E-state index in [1.54, 1.807) is 0 Å². The minimum absolute atomic E-state index is 0.167. The third kappa shape index (κ3) is 4.20. The van der Waals surface area contributed by atoms with Gasteiger partial charge >= 0.3 is 0 Å². The molecule has 5 heteroatoms. The van der Waals surface area contributed by atoms with Crippen molar-refractivity contribution in [2.45, 2.75) is 6.92 Å². The fraction of sp³-hybridized carbons (Fsp3) is 0.316. The molecule has 1 aliphatic heterocycles. The topological polar surface area (TPSA) is 35.6 Å². The van der Waals surface area contributed by atoms with Crippen molar-refractivity contribution in [1.29, 1.82) is 0 Å². The van der Waals surface area contributed by atoms with Crippen LogP contribution in [0.2, 0.25) is 0 Å². The summed E-state index contributed by atoms with van der Waals surface area (Å²) in [4.78, 5) is 16.7. The summed E-state index contributed by atoms with van der Waals surface area (Å²) >= 11 is 2.30. The Labute approximate surface area is 157 Å². The molecule has 4 nitrogen and oxygen atoms in total. The van der Waals surface area contributed by atoms with Crippen molar-refractivity contribution < 1.29 is 4.79 Å². The first-order valence-electron chi connectivity index (χ1n) is 8.21. The van der Waals surface area contributed by atoms with Gasteiger partial charge in [-0.05, 0) is 65.4 Å². The number of halogens is 1. The zero-order valence-corrected chi connectivity index (χ0v) is 16.0. The Morgan fingerprint density at radius 1 is 1.08 bits per heavy atom. The number of rotatable bonds is 4. The van der Waals surface area contributed by atoms with E-state index >= 15 is 0 Å². The second-order valence-electron chi connectivity index (χ2n) is 6.02. The van der Waals surface area contributed by atoms with Crippen molar-refractivity contribution in [3.05, 3.63) is 57.7 Å². The van der Waals surface area contributed by atoms with E-state index < -0.39 is 0 Å². The lowest BCUT2D eigenvalue weighted by Crippen LogP contribution is -2.50. The van der Waals surface area contributed by atoms with Crippen LogP contribution in [0.25, 0.3) is 0 Å². The molecule has 2 aromatic rings. The summed E-state index contributed by atoms with van der Waals surface area (Å²) in [6.45, 7) is 5.75. The molecular weight excluding hydrogens is 413 g/mol. The van der Waals surface area contributed by atoms with Gasteiger partial charge in [-0.1, -0.05) is 18.2 Å². The summed E-state index contributed by atoms with van der Waals surface area (Å²) in [5, 5.41) is 3.27. The van der Waals surface area contributed by atoms with Crippen LogP contribution in [-0.2, 0) is 4.79 Å². The molecule has 1 N–H and O–H groups in total. The van der Waals surface area contributed by atoms with E-state index in [0.29, 0.717) is 6.54 Å². The highest BCUT2D eigenvalue weighted by Gasteiger charge is 2.20. The van der Waals surface area contributed by atoms with Crippen LogP contribution in [0.15, 0.2) is 48.5 Å². The number of nitrogens with zero attached hydrogens (tertiary/aromatic N) is 2. The van der Waals surface area contributed by atoms with Crippen LogP contribution >= 0.6 is 22.6 Å². The van der Waals surface area contributed by atoms with Gasteiger partial charge in [-0.15, -0.1) is 0 Å². The van der Waals surface area contributed by atoms with Crippen LogP contribution < -0.4 is 10.2 Å². The van der Waals surface area contributed by atoms with Crippen LogP contribution in [0, 0.1) is 10.5 Å². The van der Waals surface area contributed by atoms with Gasteiger partial charge in [0.05, 0.1) is 6.54 Å². The minimum atomic E-state index is 0.167. The van der Waals surface area contributed by atoms with Crippen molar-refractivity contribution in [2.24, 2.45) is 0 Å². The lowest BCUT2D eigenvalue weighted by atomic mass is 10.2. The lowest BCUT2D eigenvalue weighted by molar-refractivity contribution is -0.129. The highest BCUT2D eigenvalue weighted by Crippen LogP contribution is 2.18. The van der Waals surface area contributed by atoms with E-state index in [1.165, 1.54) is 14.8 Å². The number of carbonyl (C=O) groups excluding carboxylic acids is 1. The van der Waals surface area contributed by atoms with Crippen molar-refractivity contribution in [3.8, 4) is 0 Å². The Morgan fingerprint density at radius 3 is 2.46 bits per heavy atom. The molecule has 0 radical (unpaired) electrons. The van der Waals surface area contributed by atoms with Crippen molar-refractivity contribution in [1.82, 2.24) is 4.90 Å². The maximum atomic E-state index is 12.4. The average molecular weight is 435 g/mol. The molecule has 0 bridgehead atoms. The number of piperazine rings is 1. The molecule has 0 atom stereocenters. The highest BCUT2D eigenvalue weighted by atomic mass is 127. The number of amides is 1. The van der Waals surface area contributed by atoms with Gasteiger partial charge < -0.3 is 15.1 Å². The molecule has 0 aliphatic carbocycles. The Morgan fingerprint density at radius 2 is 1.79 bits per heavy atom. The molecule has 1 heterocycles. The van der Waals surface area contributed by atoms with Crippen LogP contribution in [-0.4, -0.2) is 43.5 Å². The van der Waals surface area contributed by atoms with E-state index in [0.717, 1.165) is 31.9 Å². The normalized spacial score (nSPS) is 14.6. The van der Waals surface area contributed by atoms with Gasteiger partial charge in [0.25, 0.3) is 0 Å². The van der Waals surface area contributed by atoms with E-state index in [9.17, 15) is 4.79 Å². The van der Waals surface area contributed by atoms with E-state index in [-0.39, 0.29) is 5.91 Å². The monoisotopic (exact) mass is 435 g/mol. The molecule has 3 rings (SSSR count). The standard InChI is InChI=1S/C19H22IN3O/c1-15-13-16(20)7-8-18(15)21-14-19(24)23-11-9-22(10-12-23)17-5-3-2-4-6-17/h2-8,13,21H,9-12,14H2,1H3. The smallest absolute Gasteiger partial charge is 0.241 e. The second kappa shape index (κ2) is 7.88. The molecule has 126 valence electrons. The summed E-state index contributed by atoms with van der Waals surface area (Å²) in [5.74, 6) is 0.167. The number of hydrogen-bond acceptors (Lipinski definition) is 3. The number of aryl methyl sites for hydroxylation is 1. The number of hydrogen-bond donors (Lipinski definition) is 1. The van der Waals surface area contributed by atoms with Crippen molar-refractivity contribution in [3.63, 3.8) is 0 Å². The molecule has 0 spiro atoms. The molecule has 1 fully saturated rings. The molecule has 24 heavy (non-hydrogen) atoms. The molecule has 1 aliphatic rings. The number of anilines is 2. The van der Waals surface area contributed by atoms with E-state index in [2.05, 4.69) is 76.1 Å². The zero-order valence-electron chi connectivity index (χ0n) is 13.8. The van der Waals surface area contributed by atoms with Gasteiger partial charge in [0.2, 0.25) is 5.91 Å². The first-order valence-corrected chi connectivity index (χ1v) is 9.29. The summed E-state index contributed by atoms with van der Waals surface area (Å²) in [7, 11) is 0. The number of benzene rings is 2. The molecule has 1 amide bonds. The predicted octanol–water partition coefficient (Wildman–Crippen LogP) is 3.36. The fourth-order valence-corrected chi connectivity index (χ4v) is 3.61. The Bertz CT molecular complexity index is 697. The molecular formula is C19H22IN3O.